The van der Waals surface area contributed by atoms with Crippen LogP contribution in [0.15, 0.2) is 30.5 Å². The first-order valence-corrected chi connectivity index (χ1v) is 9.35. The number of halogens is 2. The van der Waals surface area contributed by atoms with E-state index in [0.29, 0.717) is 28.7 Å². The summed E-state index contributed by atoms with van der Waals surface area (Å²) in [6.07, 6.45) is 2.53. The van der Waals surface area contributed by atoms with Crippen molar-refractivity contribution in [2.75, 3.05) is 11.4 Å². The maximum atomic E-state index is 12.3. The van der Waals surface area contributed by atoms with Gasteiger partial charge >= 0.3 is 5.97 Å². The summed E-state index contributed by atoms with van der Waals surface area (Å²) >= 11 is 12.2. The summed E-state index contributed by atoms with van der Waals surface area (Å²) in [6.45, 7) is 5.21. The first-order valence-electron chi connectivity index (χ1n) is 8.60. The third-order valence-corrected chi connectivity index (χ3v) is 4.45. The van der Waals surface area contributed by atoms with E-state index in [9.17, 15) is 9.59 Å². The highest BCUT2D eigenvalue weighted by atomic mass is 35.5. The molecule has 5 nitrogen and oxygen atoms in total. The van der Waals surface area contributed by atoms with Crippen LogP contribution < -0.4 is 4.90 Å². The average molecular weight is 407 g/mol. The molecule has 0 bridgehead atoms. The fraction of sp³-hybridized carbons (Fsp3) is 0.350. The summed E-state index contributed by atoms with van der Waals surface area (Å²) in [5.41, 5.74) is 1.98. The van der Waals surface area contributed by atoms with Crippen LogP contribution in [0.5, 0.6) is 0 Å². The summed E-state index contributed by atoms with van der Waals surface area (Å²) in [5, 5.41) is 1.08. The van der Waals surface area contributed by atoms with E-state index >= 15 is 0 Å². The van der Waals surface area contributed by atoms with Gasteiger partial charge in [-0.05, 0) is 62.6 Å². The molecule has 27 heavy (non-hydrogen) atoms. The maximum Gasteiger partial charge on any atom is 0.326 e. The Balaban J connectivity index is 1.90. The molecule has 7 heteroatoms. The van der Waals surface area contributed by atoms with Crippen LogP contribution in [-0.4, -0.2) is 29.0 Å². The zero-order chi connectivity index (χ0) is 19.8. The fourth-order valence-electron chi connectivity index (χ4n) is 2.97. The van der Waals surface area contributed by atoms with Gasteiger partial charge < -0.3 is 4.74 Å². The number of hydrogen-bond acceptors (Lipinski definition) is 4. The maximum absolute atomic E-state index is 12.3. The zero-order valence-electron chi connectivity index (χ0n) is 15.4. The standard InChI is InChI=1S/C20H20Cl2N2O3/c1-20(2,3)27-18(26)11-24-17(25)5-4-12-6-14(10-23-19(12)24)13-7-15(21)9-16(22)8-13/h6-10H,4-5,11H2,1-3H3. The molecule has 0 spiro atoms. The molecule has 0 aliphatic carbocycles. The zero-order valence-corrected chi connectivity index (χ0v) is 16.9. The molecular weight excluding hydrogens is 387 g/mol. The van der Waals surface area contributed by atoms with Gasteiger partial charge in [0.25, 0.3) is 0 Å². The lowest BCUT2D eigenvalue weighted by atomic mass is 10.00. The van der Waals surface area contributed by atoms with Gasteiger partial charge in [-0.15, -0.1) is 0 Å². The number of amides is 1. The molecule has 3 rings (SSSR count). The highest BCUT2D eigenvalue weighted by Gasteiger charge is 2.29. The van der Waals surface area contributed by atoms with Crippen LogP contribution in [0, 0.1) is 0 Å². The van der Waals surface area contributed by atoms with Crippen molar-refractivity contribution in [3.8, 4) is 11.1 Å². The fourth-order valence-corrected chi connectivity index (χ4v) is 3.50. The van der Waals surface area contributed by atoms with Gasteiger partial charge in [0, 0.05) is 28.2 Å². The summed E-state index contributed by atoms with van der Waals surface area (Å²) in [4.78, 5) is 30.4. The van der Waals surface area contributed by atoms with Crippen molar-refractivity contribution < 1.29 is 14.3 Å². The van der Waals surface area contributed by atoms with Gasteiger partial charge in [-0.1, -0.05) is 23.2 Å². The van der Waals surface area contributed by atoms with Gasteiger partial charge in [0.05, 0.1) is 0 Å². The van der Waals surface area contributed by atoms with Gasteiger partial charge in [-0.25, -0.2) is 4.98 Å². The number of aryl methyl sites for hydroxylation is 1. The Hall–Kier alpha value is -2.11. The molecule has 0 N–H and O–H groups in total. The van der Waals surface area contributed by atoms with Gasteiger partial charge in [-0.3, -0.25) is 14.5 Å². The number of carbonyl (C=O) groups excluding carboxylic acids is 2. The summed E-state index contributed by atoms with van der Waals surface area (Å²) in [7, 11) is 0. The highest BCUT2D eigenvalue weighted by Crippen LogP contribution is 2.32. The minimum Gasteiger partial charge on any atom is -0.459 e. The summed E-state index contributed by atoms with van der Waals surface area (Å²) in [5.74, 6) is -0.107. The third kappa shape index (κ3) is 4.79. The van der Waals surface area contributed by atoms with Gasteiger partial charge in [0.15, 0.2) is 0 Å². The van der Waals surface area contributed by atoms with E-state index in [2.05, 4.69) is 4.98 Å². The van der Waals surface area contributed by atoms with Crippen molar-refractivity contribution in [3.05, 3.63) is 46.1 Å². The number of nitrogens with zero attached hydrogens (tertiary/aromatic N) is 2. The van der Waals surface area contributed by atoms with E-state index in [0.717, 1.165) is 16.7 Å². The van der Waals surface area contributed by atoms with E-state index < -0.39 is 11.6 Å². The number of benzene rings is 1. The molecule has 0 radical (unpaired) electrons. The van der Waals surface area contributed by atoms with Crippen molar-refractivity contribution in [2.45, 2.75) is 39.2 Å². The SMILES string of the molecule is CC(C)(C)OC(=O)CN1C(=O)CCc2cc(-c3cc(Cl)cc(Cl)c3)cnc21. The number of esters is 1. The molecule has 1 aliphatic heterocycles. The Kier molecular flexibility index (Phi) is 5.45. The van der Waals surface area contributed by atoms with Gasteiger partial charge in [0.2, 0.25) is 5.91 Å². The molecule has 0 saturated carbocycles. The second-order valence-electron chi connectivity index (χ2n) is 7.43. The summed E-state index contributed by atoms with van der Waals surface area (Å²) < 4.78 is 5.33. The van der Waals surface area contributed by atoms with E-state index in [4.69, 9.17) is 27.9 Å². The lowest BCUT2D eigenvalue weighted by Crippen LogP contribution is -2.41. The number of fused-ring (bicyclic) bond motifs is 1. The third-order valence-electron chi connectivity index (χ3n) is 4.01. The second kappa shape index (κ2) is 7.49. The predicted molar refractivity (Wildman–Crippen MR) is 106 cm³/mol. The number of anilines is 1. The van der Waals surface area contributed by atoms with Crippen molar-refractivity contribution in [3.63, 3.8) is 0 Å². The van der Waals surface area contributed by atoms with E-state index in [-0.39, 0.29) is 12.5 Å². The average Bonchev–Trinajstić information content (AvgIpc) is 2.54. The number of aromatic nitrogens is 1. The van der Waals surface area contributed by atoms with Crippen LogP contribution in [0.3, 0.4) is 0 Å². The Morgan fingerprint density at radius 1 is 1.11 bits per heavy atom. The van der Waals surface area contributed by atoms with Crippen LogP contribution in [0.2, 0.25) is 10.0 Å². The smallest absolute Gasteiger partial charge is 0.326 e. The molecule has 0 fully saturated rings. The largest absolute Gasteiger partial charge is 0.459 e. The van der Waals surface area contributed by atoms with Crippen molar-refractivity contribution in [1.29, 1.82) is 0 Å². The molecule has 2 heterocycles. The Bertz CT molecular complexity index is 886. The number of ether oxygens (including phenoxy) is 1. The lowest BCUT2D eigenvalue weighted by Gasteiger charge is -2.29. The quantitative estimate of drug-likeness (QED) is 0.694. The van der Waals surface area contributed by atoms with Gasteiger partial charge in [0.1, 0.15) is 18.0 Å². The molecule has 1 amide bonds. The molecule has 2 aromatic rings. The van der Waals surface area contributed by atoms with Crippen molar-refractivity contribution in [1.82, 2.24) is 4.98 Å². The Morgan fingerprint density at radius 3 is 2.41 bits per heavy atom. The molecular formula is C20H20Cl2N2O3. The van der Waals surface area contributed by atoms with Crippen LogP contribution >= 0.6 is 23.2 Å². The minimum atomic E-state index is -0.609. The van der Waals surface area contributed by atoms with E-state index in [1.807, 2.05) is 18.2 Å². The minimum absolute atomic E-state index is 0.139. The molecule has 0 unspecified atom stereocenters. The normalized spacial score (nSPS) is 14.1. The number of hydrogen-bond donors (Lipinski definition) is 0. The second-order valence-corrected chi connectivity index (χ2v) is 8.30. The van der Waals surface area contributed by atoms with Crippen LogP contribution in [-0.2, 0) is 20.7 Å². The topological polar surface area (TPSA) is 59.5 Å². The first-order chi connectivity index (χ1) is 12.6. The van der Waals surface area contributed by atoms with Crippen LogP contribution in [0.4, 0.5) is 5.82 Å². The van der Waals surface area contributed by atoms with Crippen molar-refractivity contribution >= 4 is 40.9 Å². The number of carbonyl (C=O) groups is 2. The van der Waals surface area contributed by atoms with Crippen LogP contribution in [0.25, 0.3) is 11.1 Å². The number of rotatable bonds is 3. The lowest BCUT2D eigenvalue weighted by molar-refractivity contribution is -0.153. The molecule has 1 aliphatic rings. The first kappa shape index (κ1) is 19.6. The molecule has 142 valence electrons. The Labute approximate surface area is 168 Å². The molecule has 1 aromatic heterocycles. The predicted octanol–water partition coefficient (Wildman–Crippen LogP) is 4.68. The van der Waals surface area contributed by atoms with Crippen molar-refractivity contribution in [2.24, 2.45) is 0 Å². The van der Waals surface area contributed by atoms with E-state index in [1.54, 1.807) is 33.0 Å². The molecule has 0 saturated heterocycles. The molecule has 1 aromatic carbocycles. The van der Waals surface area contributed by atoms with Gasteiger partial charge in [-0.2, -0.15) is 0 Å². The monoisotopic (exact) mass is 406 g/mol. The number of pyridine rings is 1. The summed E-state index contributed by atoms with van der Waals surface area (Å²) in [6, 6.07) is 7.24. The van der Waals surface area contributed by atoms with Crippen LogP contribution in [0.1, 0.15) is 32.8 Å². The van der Waals surface area contributed by atoms with E-state index in [1.165, 1.54) is 4.90 Å². The molecule has 0 atom stereocenters. The highest BCUT2D eigenvalue weighted by molar-refractivity contribution is 6.35. The Morgan fingerprint density at radius 2 is 1.78 bits per heavy atom.